The number of aromatic amines is 1. The van der Waals surface area contributed by atoms with Crippen molar-refractivity contribution in [3.63, 3.8) is 0 Å². The van der Waals surface area contributed by atoms with Crippen LogP contribution >= 0.6 is 0 Å². The van der Waals surface area contributed by atoms with Crippen molar-refractivity contribution in [3.8, 4) is 16.9 Å². The lowest BCUT2D eigenvalue weighted by atomic mass is 9.77. The summed E-state index contributed by atoms with van der Waals surface area (Å²) in [6.45, 7) is 1.74. The molecule has 1 aromatic carbocycles. The molecule has 2 aliphatic heterocycles. The van der Waals surface area contributed by atoms with Crippen molar-refractivity contribution in [1.82, 2.24) is 25.1 Å². The van der Waals surface area contributed by atoms with E-state index in [2.05, 4.69) is 20.2 Å². The van der Waals surface area contributed by atoms with Crippen LogP contribution in [0, 0.1) is 5.41 Å². The van der Waals surface area contributed by atoms with Gasteiger partial charge < -0.3 is 14.5 Å². The molecule has 1 N–H and O–H groups in total. The number of aromatic nitrogens is 4. The van der Waals surface area contributed by atoms with Gasteiger partial charge in [-0.25, -0.2) is 4.98 Å². The second-order valence-corrected chi connectivity index (χ2v) is 8.24. The van der Waals surface area contributed by atoms with E-state index in [4.69, 9.17) is 4.74 Å². The molecule has 1 spiro atoms. The molecule has 3 aromatic rings. The maximum Gasteiger partial charge on any atom is 0.274 e. The Balaban J connectivity index is 1.31. The second-order valence-electron chi connectivity index (χ2n) is 8.24. The number of anilines is 1. The molecule has 164 valence electrons. The van der Waals surface area contributed by atoms with Gasteiger partial charge in [0.1, 0.15) is 11.4 Å². The lowest BCUT2D eigenvalue weighted by Crippen LogP contribution is -2.46. The van der Waals surface area contributed by atoms with Gasteiger partial charge in [-0.2, -0.15) is 5.10 Å². The first kappa shape index (κ1) is 20.2. The van der Waals surface area contributed by atoms with Crippen LogP contribution in [-0.4, -0.2) is 63.6 Å². The summed E-state index contributed by atoms with van der Waals surface area (Å²) < 4.78 is 5.59. The number of nitrogens with zero attached hydrogens (tertiary/aromatic N) is 5. The number of benzene rings is 1. The summed E-state index contributed by atoms with van der Waals surface area (Å²) >= 11 is 0. The summed E-state index contributed by atoms with van der Waals surface area (Å²) in [5.41, 5.74) is 2.59. The Kier molecular flexibility index (Phi) is 5.08. The number of nitrogens with one attached hydrogen (secondary N) is 1. The molecule has 2 fully saturated rings. The molecule has 9 nitrogen and oxygen atoms in total. The predicted molar refractivity (Wildman–Crippen MR) is 117 cm³/mol. The number of likely N-dealkylation sites (tertiary alicyclic amines) is 1. The number of hydrogen-bond donors (Lipinski definition) is 1. The van der Waals surface area contributed by atoms with Gasteiger partial charge in [-0.05, 0) is 31.4 Å². The van der Waals surface area contributed by atoms with E-state index in [0.29, 0.717) is 43.9 Å². The third kappa shape index (κ3) is 3.39. The molecule has 0 bridgehead atoms. The van der Waals surface area contributed by atoms with E-state index in [0.717, 1.165) is 23.2 Å². The number of ether oxygens (including phenoxy) is 1. The molecule has 32 heavy (non-hydrogen) atoms. The molecule has 0 saturated carbocycles. The molecule has 2 aliphatic rings. The first-order chi connectivity index (χ1) is 15.6. The van der Waals surface area contributed by atoms with Crippen molar-refractivity contribution in [1.29, 1.82) is 0 Å². The first-order valence-corrected chi connectivity index (χ1v) is 10.7. The first-order valence-electron chi connectivity index (χ1n) is 10.7. The Morgan fingerprint density at radius 3 is 2.62 bits per heavy atom. The normalized spacial score (nSPS) is 17.7. The second kappa shape index (κ2) is 8.07. The van der Waals surface area contributed by atoms with Crippen molar-refractivity contribution in [2.75, 3.05) is 31.6 Å². The smallest absolute Gasteiger partial charge is 0.274 e. The van der Waals surface area contributed by atoms with Crippen LogP contribution in [0.5, 0.6) is 5.75 Å². The fourth-order valence-corrected chi connectivity index (χ4v) is 4.72. The Morgan fingerprint density at radius 2 is 1.94 bits per heavy atom. The molecule has 5 rings (SSSR count). The highest BCUT2D eigenvalue weighted by Gasteiger charge is 2.49. The van der Waals surface area contributed by atoms with Gasteiger partial charge in [0.05, 0.1) is 24.9 Å². The zero-order valence-corrected chi connectivity index (χ0v) is 17.8. The Morgan fingerprint density at radius 1 is 1.12 bits per heavy atom. The van der Waals surface area contributed by atoms with E-state index >= 15 is 0 Å². The maximum absolute atomic E-state index is 13.5. The van der Waals surface area contributed by atoms with Crippen molar-refractivity contribution in [3.05, 3.63) is 54.9 Å². The summed E-state index contributed by atoms with van der Waals surface area (Å²) in [7, 11) is 1.62. The van der Waals surface area contributed by atoms with Crippen molar-refractivity contribution < 1.29 is 14.3 Å². The zero-order valence-electron chi connectivity index (χ0n) is 17.8. The molecular formula is C23H24N6O3. The highest BCUT2D eigenvalue weighted by atomic mass is 16.5. The number of methoxy groups -OCH3 is 1. The third-order valence-electron chi connectivity index (χ3n) is 6.61. The average Bonchev–Trinajstić information content (AvgIpc) is 3.49. The van der Waals surface area contributed by atoms with E-state index in [9.17, 15) is 9.59 Å². The van der Waals surface area contributed by atoms with E-state index < -0.39 is 5.41 Å². The summed E-state index contributed by atoms with van der Waals surface area (Å²) in [6.07, 6.45) is 10.2. The minimum atomic E-state index is -0.421. The van der Waals surface area contributed by atoms with Crippen LogP contribution in [-0.2, 0) is 4.79 Å². The summed E-state index contributed by atoms with van der Waals surface area (Å²) in [5.74, 6) is 0.694. The lowest BCUT2D eigenvalue weighted by molar-refractivity contribution is -0.127. The Bertz CT molecular complexity index is 1120. The number of carbonyl (C=O) groups is 2. The molecular weight excluding hydrogens is 408 g/mol. The highest BCUT2D eigenvalue weighted by Crippen LogP contribution is 2.44. The van der Waals surface area contributed by atoms with Crippen LogP contribution in [0.2, 0.25) is 0 Å². The largest absolute Gasteiger partial charge is 0.496 e. The van der Waals surface area contributed by atoms with Gasteiger partial charge in [0, 0.05) is 61.1 Å². The molecule has 2 amide bonds. The van der Waals surface area contributed by atoms with Crippen LogP contribution < -0.4 is 9.64 Å². The van der Waals surface area contributed by atoms with Gasteiger partial charge in [0.15, 0.2) is 0 Å². The molecule has 9 heteroatoms. The average molecular weight is 432 g/mol. The monoisotopic (exact) mass is 432 g/mol. The Hall–Kier alpha value is -3.75. The standard InChI is InChI=1S/C23H24N6O3/c1-32-20-12-17(2-3-18(20)16-13-26-27-14-16)29-11-6-23(22(29)31)4-9-28(10-5-23)21(30)19-15-24-7-8-25-19/h2-3,7-8,12-15H,4-6,9-11H2,1H3,(H,26,27). The maximum atomic E-state index is 13.5. The van der Waals surface area contributed by atoms with Crippen molar-refractivity contribution in [2.45, 2.75) is 19.3 Å². The summed E-state index contributed by atoms with van der Waals surface area (Å²) in [6, 6.07) is 5.82. The quantitative estimate of drug-likeness (QED) is 0.679. The van der Waals surface area contributed by atoms with Gasteiger partial charge in [-0.3, -0.25) is 19.7 Å². The SMILES string of the molecule is COc1cc(N2CCC3(CCN(C(=O)c4cnccn4)CC3)C2=O)ccc1-c1cn[nH]c1. The van der Waals surface area contributed by atoms with Crippen molar-refractivity contribution in [2.24, 2.45) is 5.41 Å². The van der Waals surface area contributed by atoms with Gasteiger partial charge in [-0.15, -0.1) is 0 Å². The van der Waals surface area contributed by atoms with Gasteiger partial charge in [0.25, 0.3) is 5.91 Å². The fraction of sp³-hybridized carbons (Fsp3) is 0.348. The highest BCUT2D eigenvalue weighted by molar-refractivity contribution is 6.01. The molecule has 2 saturated heterocycles. The lowest BCUT2D eigenvalue weighted by Gasteiger charge is -2.37. The number of amides is 2. The van der Waals surface area contributed by atoms with Crippen LogP contribution in [0.15, 0.2) is 49.2 Å². The zero-order chi connectivity index (χ0) is 22.1. The van der Waals surface area contributed by atoms with E-state index in [-0.39, 0.29) is 11.8 Å². The number of H-pyrrole nitrogens is 1. The minimum Gasteiger partial charge on any atom is -0.496 e. The summed E-state index contributed by atoms with van der Waals surface area (Å²) in [4.78, 5) is 37.9. The van der Waals surface area contributed by atoms with E-state index in [1.54, 1.807) is 24.4 Å². The molecule has 2 aromatic heterocycles. The van der Waals surface area contributed by atoms with E-state index in [1.165, 1.54) is 12.4 Å². The molecule has 0 aliphatic carbocycles. The topological polar surface area (TPSA) is 104 Å². The minimum absolute atomic E-state index is 0.127. The molecule has 4 heterocycles. The van der Waals surface area contributed by atoms with Crippen LogP contribution in [0.25, 0.3) is 11.1 Å². The van der Waals surface area contributed by atoms with Crippen molar-refractivity contribution >= 4 is 17.5 Å². The van der Waals surface area contributed by atoms with Crippen LogP contribution in [0.4, 0.5) is 5.69 Å². The predicted octanol–water partition coefficient (Wildman–Crippen LogP) is 2.53. The van der Waals surface area contributed by atoms with E-state index in [1.807, 2.05) is 29.3 Å². The summed E-state index contributed by atoms with van der Waals surface area (Å²) in [5, 5.41) is 6.81. The number of rotatable bonds is 4. The number of carbonyl (C=O) groups excluding carboxylic acids is 2. The number of hydrogen-bond acceptors (Lipinski definition) is 6. The third-order valence-corrected chi connectivity index (χ3v) is 6.61. The van der Waals surface area contributed by atoms with Gasteiger partial charge in [-0.1, -0.05) is 0 Å². The molecule has 0 unspecified atom stereocenters. The van der Waals surface area contributed by atoms with Gasteiger partial charge in [0.2, 0.25) is 5.91 Å². The molecule has 0 atom stereocenters. The molecule has 0 radical (unpaired) electrons. The van der Waals surface area contributed by atoms with Crippen LogP contribution in [0.3, 0.4) is 0 Å². The fourth-order valence-electron chi connectivity index (χ4n) is 4.72. The van der Waals surface area contributed by atoms with Crippen LogP contribution in [0.1, 0.15) is 29.8 Å². The van der Waals surface area contributed by atoms with Gasteiger partial charge >= 0.3 is 0 Å². The Labute approximate surface area is 185 Å². The number of piperidine rings is 1.